The maximum absolute atomic E-state index is 10.8. The van der Waals surface area contributed by atoms with Crippen LogP contribution in [0.3, 0.4) is 0 Å². The summed E-state index contributed by atoms with van der Waals surface area (Å²) in [5, 5.41) is 8.88. The zero-order valence-electron chi connectivity index (χ0n) is 9.59. The summed E-state index contributed by atoms with van der Waals surface area (Å²) < 4.78 is 10.9. The standard InChI is InChI=1S/C11H19NO4/c1-8-10(2-4-16-8)12-3-5-15-7-9(12)6-11(13)14/h8-10H,2-7H2,1H3,(H,13,14). The van der Waals surface area contributed by atoms with E-state index in [0.717, 1.165) is 19.6 Å². The Hall–Kier alpha value is -0.650. The SMILES string of the molecule is CC1OCCC1N1CCOCC1CC(=O)O. The lowest BCUT2D eigenvalue weighted by molar-refractivity contribution is -0.141. The summed E-state index contributed by atoms with van der Waals surface area (Å²) in [5.74, 6) is -0.757. The monoisotopic (exact) mass is 229 g/mol. The number of hydrogen-bond acceptors (Lipinski definition) is 4. The number of nitrogens with zero attached hydrogens (tertiary/aromatic N) is 1. The number of carboxylic acids is 1. The van der Waals surface area contributed by atoms with Gasteiger partial charge in [0.1, 0.15) is 0 Å². The minimum absolute atomic E-state index is 0.000370. The zero-order chi connectivity index (χ0) is 11.5. The highest BCUT2D eigenvalue weighted by atomic mass is 16.5. The van der Waals surface area contributed by atoms with Crippen molar-refractivity contribution >= 4 is 5.97 Å². The Morgan fingerprint density at radius 1 is 1.50 bits per heavy atom. The quantitative estimate of drug-likeness (QED) is 0.756. The molecule has 5 nitrogen and oxygen atoms in total. The first kappa shape index (κ1) is 11.8. The summed E-state index contributed by atoms with van der Waals surface area (Å²) in [7, 11) is 0. The molecule has 2 rings (SSSR count). The molecule has 0 aromatic heterocycles. The third-order valence-corrected chi connectivity index (χ3v) is 3.45. The van der Waals surface area contributed by atoms with Gasteiger partial charge in [0.2, 0.25) is 0 Å². The van der Waals surface area contributed by atoms with Crippen molar-refractivity contribution in [2.75, 3.05) is 26.4 Å². The van der Waals surface area contributed by atoms with Gasteiger partial charge in [0, 0.05) is 25.2 Å². The topological polar surface area (TPSA) is 59.0 Å². The number of carbonyl (C=O) groups is 1. The molecule has 0 amide bonds. The normalized spacial score (nSPS) is 36.4. The van der Waals surface area contributed by atoms with E-state index in [1.165, 1.54) is 0 Å². The summed E-state index contributed by atoms with van der Waals surface area (Å²) in [6, 6.07) is 0.355. The Balaban J connectivity index is 2.00. The van der Waals surface area contributed by atoms with E-state index in [1.54, 1.807) is 0 Å². The lowest BCUT2D eigenvalue weighted by Gasteiger charge is -2.40. The van der Waals surface area contributed by atoms with Crippen molar-refractivity contribution in [3.05, 3.63) is 0 Å². The fraction of sp³-hybridized carbons (Fsp3) is 0.909. The van der Waals surface area contributed by atoms with Crippen LogP contribution in [-0.4, -0.2) is 60.5 Å². The molecule has 5 heteroatoms. The lowest BCUT2D eigenvalue weighted by atomic mass is 10.0. The predicted octanol–water partition coefficient (Wildman–Crippen LogP) is 0.339. The lowest BCUT2D eigenvalue weighted by Crippen LogP contribution is -2.53. The van der Waals surface area contributed by atoms with Crippen LogP contribution in [0.25, 0.3) is 0 Å². The minimum Gasteiger partial charge on any atom is -0.481 e. The number of aliphatic carboxylic acids is 1. The summed E-state index contributed by atoms with van der Waals surface area (Å²) in [6.07, 6.45) is 1.36. The van der Waals surface area contributed by atoms with E-state index >= 15 is 0 Å². The first-order chi connectivity index (χ1) is 7.68. The summed E-state index contributed by atoms with van der Waals surface area (Å²) in [5.41, 5.74) is 0. The molecular weight excluding hydrogens is 210 g/mol. The second-order valence-electron chi connectivity index (χ2n) is 4.50. The van der Waals surface area contributed by atoms with Crippen molar-refractivity contribution in [1.29, 1.82) is 0 Å². The Labute approximate surface area is 95.3 Å². The molecule has 0 spiro atoms. The molecular formula is C11H19NO4. The third-order valence-electron chi connectivity index (χ3n) is 3.45. The highest BCUT2D eigenvalue weighted by Crippen LogP contribution is 2.24. The number of rotatable bonds is 3. The molecule has 0 aromatic rings. The molecule has 0 aromatic carbocycles. The number of hydrogen-bond donors (Lipinski definition) is 1. The highest BCUT2D eigenvalue weighted by molar-refractivity contribution is 5.67. The molecule has 92 valence electrons. The largest absolute Gasteiger partial charge is 0.481 e. The average Bonchev–Trinajstić information content (AvgIpc) is 2.64. The van der Waals surface area contributed by atoms with Crippen molar-refractivity contribution in [2.45, 2.75) is 38.0 Å². The molecule has 2 fully saturated rings. The highest BCUT2D eigenvalue weighted by Gasteiger charge is 2.36. The maximum atomic E-state index is 10.8. The average molecular weight is 229 g/mol. The van der Waals surface area contributed by atoms with Crippen LogP contribution in [0.1, 0.15) is 19.8 Å². The van der Waals surface area contributed by atoms with Gasteiger partial charge in [-0.3, -0.25) is 9.69 Å². The van der Waals surface area contributed by atoms with Crippen molar-refractivity contribution in [3.8, 4) is 0 Å². The molecule has 16 heavy (non-hydrogen) atoms. The zero-order valence-corrected chi connectivity index (χ0v) is 9.59. The Kier molecular flexibility index (Phi) is 3.78. The number of ether oxygens (including phenoxy) is 2. The molecule has 0 radical (unpaired) electrons. The molecule has 0 saturated carbocycles. The van der Waals surface area contributed by atoms with E-state index in [4.69, 9.17) is 14.6 Å². The summed E-state index contributed by atoms with van der Waals surface area (Å²) in [6.45, 7) is 4.87. The Morgan fingerprint density at radius 2 is 2.31 bits per heavy atom. The van der Waals surface area contributed by atoms with Crippen molar-refractivity contribution in [2.24, 2.45) is 0 Å². The van der Waals surface area contributed by atoms with Gasteiger partial charge in [0.05, 0.1) is 25.7 Å². The second-order valence-corrected chi connectivity index (χ2v) is 4.50. The van der Waals surface area contributed by atoms with Crippen molar-refractivity contribution < 1.29 is 19.4 Å². The molecule has 2 heterocycles. The van der Waals surface area contributed by atoms with Gasteiger partial charge in [-0.15, -0.1) is 0 Å². The van der Waals surface area contributed by atoms with Crippen molar-refractivity contribution in [1.82, 2.24) is 4.90 Å². The van der Waals surface area contributed by atoms with Crippen LogP contribution in [0.2, 0.25) is 0 Å². The first-order valence-electron chi connectivity index (χ1n) is 5.85. The third kappa shape index (κ3) is 2.53. The van der Waals surface area contributed by atoms with Gasteiger partial charge in [-0.1, -0.05) is 0 Å². The maximum Gasteiger partial charge on any atom is 0.305 e. The van der Waals surface area contributed by atoms with Crippen molar-refractivity contribution in [3.63, 3.8) is 0 Å². The van der Waals surface area contributed by atoms with Gasteiger partial charge in [-0.2, -0.15) is 0 Å². The van der Waals surface area contributed by atoms with E-state index in [0.29, 0.717) is 19.3 Å². The summed E-state index contributed by atoms with van der Waals surface area (Å²) >= 11 is 0. The van der Waals surface area contributed by atoms with Crippen LogP contribution < -0.4 is 0 Å². The first-order valence-corrected chi connectivity index (χ1v) is 5.85. The van der Waals surface area contributed by atoms with Crippen LogP contribution >= 0.6 is 0 Å². The van der Waals surface area contributed by atoms with E-state index in [9.17, 15) is 4.79 Å². The van der Waals surface area contributed by atoms with E-state index in [1.807, 2.05) is 0 Å². The summed E-state index contributed by atoms with van der Waals surface area (Å²) in [4.78, 5) is 13.1. The minimum atomic E-state index is -0.757. The molecule has 3 unspecified atom stereocenters. The molecule has 0 bridgehead atoms. The molecule has 1 N–H and O–H groups in total. The smallest absolute Gasteiger partial charge is 0.305 e. The number of carboxylic acid groups (broad SMARTS) is 1. The van der Waals surface area contributed by atoms with Gasteiger partial charge >= 0.3 is 5.97 Å². The van der Waals surface area contributed by atoms with Gasteiger partial charge in [-0.05, 0) is 13.3 Å². The van der Waals surface area contributed by atoms with E-state index in [2.05, 4.69) is 11.8 Å². The van der Waals surface area contributed by atoms with Crippen LogP contribution in [0.5, 0.6) is 0 Å². The predicted molar refractivity (Wildman–Crippen MR) is 57.4 cm³/mol. The molecule has 0 aliphatic carbocycles. The molecule has 2 aliphatic rings. The molecule has 2 aliphatic heterocycles. The van der Waals surface area contributed by atoms with E-state index in [-0.39, 0.29) is 18.6 Å². The van der Waals surface area contributed by atoms with Crippen LogP contribution in [0.4, 0.5) is 0 Å². The van der Waals surface area contributed by atoms with Gasteiger partial charge in [-0.25, -0.2) is 0 Å². The fourth-order valence-electron chi connectivity index (χ4n) is 2.64. The van der Waals surface area contributed by atoms with Crippen LogP contribution in [0, 0.1) is 0 Å². The second kappa shape index (κ2) is 5.12. The Bertz CT molecular complexity index is 258. The Morgan fingerprint density at radius 3 is 2.94 bits per heavy atom. The van der Waals surface area contributed by atoms with Crippen LogP contribution in [-0.2, 0) is 14.3 Å². The molecule has 2 saturated heterocycles. The van der Waals surface area contributed by atoms with E-state index < -0.39 is 5.97 Å². The van der Waals surface area contributed by atoms with Gasteiger partial charge in [0.25, 0.3) is 0 Å². The van der Waals surface area contributed by atoms with Gasteiger partial charge in [0.15, 0.2) is 0 Å². The van der Waals surface area contributed by atoms with Gasteiger partial charge < -0.3 is 14.6 Å². The molecule has 3 atom stereocenters. The fourth-order valence-corrected chi connectivity index (χ4v) is 2.64. The van der Waals surface area contributed by atoms with Crippen LogP contribution in [0.15, 0.2) is 0 Å². The number of morpholine rings is 1.